The van der Waals surface area contributed by atoms with Crippen LogP contribution in [0.1, 0.15) is 44.7 Å². The Bertz CT molecular complexity index is 333. The molecule has 1 fully saturated rings. The van der Waals surface area contributed by atoms with Crippen LogP contribution < -0.4 is 5.32 Å². The number of rotatable bonds is 5. The highest BCUT2D eigenvalue weighted by molar-refractivity contribution is 5.12. The predicted octanol–water partition coefficient (Wildman–Crippen LogP) is 2.61. The lowest BCUT2D eigenvalue weighted by molar-refractivity contribution is 0.205. The lowest BCUT2D eigenvalue weighted by Gasteiger charge is -2.30. The Hall–Kier alpha value is -0.930. The molecule has 0 aromatic carbocycles. The third-order valence-corrected chi connectivity index (χ3v) is 3.70. The Morgan fingerprint density at radius 3 is 2.72 bits per heavy atom. The number of piperidine rings is 1. The van der Waals surface area contributed by atoms with Crippen LogP contribution in [0, 0.1) is 0 Å². The first kappa shape index (κ1) is 13.5. The van der Waals surface area contributed by atoms with Gasteiger partial charge in [0, 0.05) is 31.0 Å². The maximum absolute atomic E-state index is 4.18. The number of hydrogen-bond acceptors (Lipinski definition) is 3. The minimum absolute atomic E-state index is 0.374. The third kappa shape index (κ3) is 4.07. The highest BCUT2D eigenvalue weighted by Gasteiger charge is 2.15. The van der Waals surface area contributed by atoms with Crippen molar-refractivity contribution >= 4 is 0 Å². The summed E-state index contributed by atoms with van der Waals surface area (Å²) < 4.78 is 0. The quantitative estimate of drug-likeness (QED) is 0.867. The Morgan fingerprint density at radius 1 is 1.28 bits per heavy atom. The van der Waals surface area contributed by atoms with Crippen LogP contribution in [0.3, 0.4) is 0 Å². The number of likely N-dealkylation sites (tertiary alicyclic amines) is 1. The molecule has 0 amide bonds. The Labute approximate surface area is 111 Å². The van der Waals surface area contributed by atoms with Crippen LogP contribution in [-0.2, 0) is 0 Å². The van der Waals surface area contributed by atoms with Crippen molar-refractivity contribution in [2.75, 3.05) is 19.6 Å². The molecule has 1 N–H and O–H groups in total. The number of pyridine rings is 1. The Balaban J connectivity index is 1.78. The summed E-state index contributed by atoms with van der Waals surface area (Å²) in [6, 6.07) is 5.04. The van der Waals surface area contributed by atoms with Crippen LogP contribution in [0.4, 0.5) is 0 Å². The van der Waals surface area contributed by atoms with Gasteiger partial charge in [0.05, 0.1) is 0 Å². The maximum Gasteiger partial charge on any atom is 0.0315 e. The number of nitrogens with zero attached hydrogens (tertiary/aromatic N) is 2. The summed E-state index contributed by atoms with van der Waals surface area (Å²) in [7, 11) is 0. The molecule has 2 heterocycles. The summed E-state index contributed by atoms with van der Waals surface area (Å²) in [6.45, 7) is 8.19. The first-order valence-corrected chi connectivity index (χ1v) is 7.14. The molecule has 1 saturated heterocycles. The van der Waals surface area contributed by atoms with Crippen molar-refractivity contribution in [2.45, 2.75) is 45.2 Å². The Morgan fingerprint density at radius 2 is 2.06 bits per heavy atom. The zero-order chi connectivity index (χ0) is 12.8. The van der Waals surface area contributed by atoms with Gasteiger partial charge in [0.15, 0.2) is 0 Å². The van der Waals surface area contributed by atoms with Crippen LogP contribution in [-0.4, -0.2) is 35.6 Å². The van der Waals surface area contributed by atoms with E-state index < -0.39 is 0 Å². The molecule has 100 valence electrons. The fourth-order valence-electron chi connectivity index (χ4n) is 2.74. The van der Waals surface area contributed by atoms with Gasteiger partial charge in [-0.1, -0.05) is 12.5 Å². The molecule has 0 saturated carbocycles. The van der Waals surface area contributed by atoms with Crippen molar-refractivity contribution in [3.8, 4) is 0 Å². The van der Waals surface area contributed by atoms with Crippen molar-refractivity contribution in [1.82, 2.24) is 15.2 Å². The van der Waals surface area contributed by atoms with Gasteiger partial charge in [-0.2, -0.15) is 0 Å². The molecule has 0 radical (unpaired) electrons. The topological polar surface area (TPSA) is 28.2 Å². The first-order chi connectivity index (χ1) is 8.75. The van der Waals surface area contributed by atoms with Gasteiger partial charge in [-0.3, -0.25) is 4.98 Å². The molecule has 2 unspecified atom stereocenters. The molecule has 1 aliphatic rings. The average Bonchev–Trinajstić information content (AvgIpc) is 2.40. The van der Waals surface area contributed by atoms with E-state index in [1.165, 1.54) is 37.9 Å². The molecule has 0 bridgehead atoms. The van der Waals surface area contributed by atoms with Gasteiger partial charge in [-0.25, -0.2) is 0 Å². The van der Waals surface area contributed by atoms with E-state index in [2.05, 4.69) is 35.1 Å². The van der Waals surface area contributed by atoms with Crippen LogP contribution >= 0.6 is 0 Å². The molecule has 0 spiro atoms. The third-order valence-electron chi connectivity index (χ3n) is 3.70. The van der Waals surface area contributed by atoms with E-state index in [4.69, 9.17) is 0 Å². The van der Waals surface area contributed by atoms with E-state index in [9.17, 15) is 0 Å². The monoisotopic (exact) mass is 247 g/mol. The second kappa shape index (κ2) is 6.86. The summed E-state index contributed by atoms with van der Waals surface area (Å²) >= 11 is 0. The number of nitrogens with one attached hydrogen (secondary N) is 1. The van der Waals surface area contributed by atoms with Crippen LogP contribution in [0.15, 0.2) is 24.5 Å². The zero-order valence-corrected chi connectivity index (χ0v) is 11.6. The van der Waals surface area contributed by atoms with Crippen molar-refractivity contribution in [3.63, 3.8) is 0 Å². The largest absolute Gasteiger partial charge is 0.306 e. The van der Waals surface area contributed by atoms with Crippen molar-refractivity contribution in [3.05, 3.63) is 30.1 Å². The van der Waals surface area contributed by atoms with E-state index >= 15 is 0 Å². The molecule has 3 heteroatoms. The van der Waals surface area contributed by atoms with Crippen molar-refractivity contribution < 1.29 is 0 Å². The van der Waals surface area contributed by atoms with Gasteiger partial charge in [-0.05, 0) is 51.4 Å². The van der Waals surface area contributed by atoms with Gasteiger partial charge in [0.25, 0.3) is 0 Å². The first-order valence-electron chi connectivity index (χ1n) is 7.14. The summed E-state index contributed by atoms with van der Waals surface area (Å²) in [6.07, 6.45) is 7.92. The average molecular weight is 247 g/mol. The standard InChI is InChI=1S/C15H25N3/c1-13(12-18-9-4-3-5-10-18)17-14(2)15-7-6-8-16-11-15/h6-8,11,13-14,17H,3-5,9-10,12H2,1-2H3. The highest BCUT2D eigenvalue weighted by Crippen LogP contribution is 2.13. The van der Waals surface area contributed by atoms with E-state index in [0.29, 0.717) is 12.1 Å². The van der Waals surface area contributed by atoms with E-state index in [1.54, 1.807) is 0 Å². The van der Waals surface area contributed by atoms with Gasteiger partial charge in [0.2, 0.25) is 0 Å². The highest BCUT2D eigenvalue weighted by atomic mass is 15.2. The van der Waals surface area contributed by atoms with Gasteiger partial charge in [-0.15, -0.1) is 0 Å². The summed E-state index contributed by atoms with van der Waals surface area (Å²) in [5, 5.41) is 3.66. The van der Waals surface area contributed by atoms with E-state index in [1.807, 2.05) is 18.5 Å². The SMILES string of the molecule is CC(CN1CCCCC1)NC(C)c1cccnc1. The van der Waals surface area contributed by atoms with E-state index in [0.717, 1.165) is 6.54 Å². The molecule has 2 rings (SSSR count). The molecule has 1 aromatic heterocycles. The number of aromatic nitrogens is 1. The molecule has 0 aliphatic carbocycles. The van der Waals surface area contributed by atoms with Gasteiger partial charge >= 0.3 is 0 Å². The smallest absolute Gasteiger partial charge is 0.0315 e. The van der Waals surface area contributed by atoms with Crippen molar-refractivity contribution in [1.29, 1.82) is 0 Å². The summed E-state index contributed by atoms with van der Waals surface area (Å²) in [5.74, 6) is 0. The summed E-state index contributed by atoms with van der Waals surface area (Å²) in [4.78, 5) is 6.76. The predicted molar refractivity (Wildman–Crippen MR) is 75.5 cm³/mol. The normalized spacial score (nSPS) is 20.6. The van der Waals surface area contributed by atoms with Crippen molar-refractivity contribution in [2.24, 2.45) is 0 Å². The van der Waals surface area contributed by atoms with Crippen LogP contribution in [0.25, 0.3) is 0 Å². The minimum atomic E-state index is 0.374. The minimum Gasteiger partial charge on any atom is -0.306 e. The van der Waals surface area contributed by atoms with Crippen LogP contribution in [0.5, 0.6) is 0 Å². The summed E-state index contributed by atoms with van der Waals surface area (Å²) in [5.41, 5.74) is 1.27. The van der Waals surface area contributed by atoms with E-state index in [-0.39, 0.29) is 0 Å². The lowest BCUT2D eigenvalue weighted by Crippen LogP contribution is -2.42. The van der Waals surface area contributed by atoms with Crippen LogP contribution in [0.2, 0.25) is 0 Å². The molecule has 18 heavy (non-hydrogen) atoms. The molecule has 2 atom stereocenters. The second-order valence-electron chi connectivity index (χ2n) is 5.44. The Kier molecular flexibility index (Phi) is 5.14. The van der Waals surface area contributed by atoms with Gasteiger partial charge < -0.3 is 10.2 Å². The molecule has 1 aliphatic heterocycles. The molecular weight excluding hydrogens is 222 g/mol. The molecule has 3 nitrogen and oxygen atoms in total. The molecular formula is C15H25N3. The fraction of sp³-hybridized carbons (Fsp3) is 0.667. The molecule has 1 aromatic rings. The zero-order valence-electron chi connectivity index (χ0n) is 11.6. The maximum atomic E-state index is 4.18. The lowest BCUT2D eigenvalue weighted by atomic mass is 10.1. The number of hydrogen-bond donors (Lipinski definition) is 1. The second-order valence-corrected chi connectivity index (χ2v) is 5.44. The fourth-order valence-corrected chi connectivity index (χ4v) is 2.74. The van der Waals surface area contributed by atoms with Gasteiger partial charge in [0.1, 0.15) is 0 Å².